The number of aromatic nitrogens is 3. The highest BCUT2D eigenvalue weighted by Gasteiger charge is 2.24. The minimum Gasteiger partial charge on any atom is -0.339 e. The van der Waals surface area contributed by atoms with Gasteiger partial charge in [-0.3, -0.25) is 4.79 Å². The van der Waals surface area contributed by atoms with Gasteiger partial charge in [-0.15, -0.1) is 11.3 Å². The Morgan fingerprint density at radius 3 is 2.90 bits per heavy atom. The van der Waals surface area contributed by atoms with Crippen LogP contribution in [0.25, 0.3) is 0 Å². The van der Waals surface area contributed by atoms with Crippen molar-refractivity contribution in [2.75, 3.05) is 0 Å². The monoisotopic (exact) mass is 291 g/mol. The second-order valence-electron chi connectivity index (χ2n) is 5.26. The molecule has 0 unspecified atom stereocenters. The van der Waals surface area contributed by atoms with Gasteiger partial charge in [0.25, 0.3) is 0 Å². The molecule has 106 valence electrons. The number of Topliss-reactive ketones (excluding diaryl/α,β-unsaturated/α-hetero) is 1. The lowest BCUT2D eigenvalue weighted by Gasteiger charge is -2.04. The van der Waals surface area contributed by atoms with E-state index >= 15 is 0 Å². The van der Waals surface area contributed by atoms with Gasteiger partial charge in [0.1, 0.15) is 5.78 Å². The van der Waals surface area contributed by atoms with Crippen molar-refractivity contribution in [1.82, 2.24) is 15.1 Å². The number of hydrogen-bond acceptors (Lipinski definition) is 6. The highest BCUT2D eigenvalue weighted by Crippen LogP contribution is 2.26. The molecular weight excluding hydrogens is 274 g/mol. The van der Waals surface area contributed by atoms with E-state index in [4.69, 9.17) is 4.52 Å². The Hall–Kier alpha value is -1.56. The van der Waals surface area contributed by atoms with E-state index in [0.717, 1.165) is 36.4 Å². The third-order valence-electron chi connectivity index (χ3n) is 3.65. The standard InChI is InChI=1S/C14H17N3O2S/c1-9-15-11(8-20-9)6-13-16-14(19-17-13)7-12(18)10-4-2-3-5-10/h8,10H,2-7H2,1H3. The van der Waals surface area contributed by atoms with Crippen molar-refractivity contribution < 1.29 is 9.32 Å². The Balaban J connectivity index is 1.60. The third kappa shape index (κ3) is 3.12. The number of carbonyl (C=O) groups is 1. The van der Waals surface area contributed by atoms with Crippen molar-refractivity contribution in [2.45, 2.75) is 45.4 Å². The van der Waals surface area contributed by atoms with Crippen molar-refractivity contribution >= 4 is 17.1 Å². The molecule has 0 radical (unpaired) electrons. The van der Waals surface area contributed by atoms with Crippen LogP contribution in [0, 0.1) is 12.8 Å². The van der Waals surface area contributed by atoms with Crippen LogP contribution in [-0.4, -0.2) is 20.9 Å². The van der Waals surface area contributed by atoms with Gasteiger partial charge in [0.05, 0.1) is 23.5 Å². The molecule has 3 rings (SSSR count). The number of carbonyl (C=O) groups excluding carboxylic acids is 1. The van der Waals surface area contributed by atoms with Gasteiger partial charge in [0, 0.05) is 11.3 Å². The molecule has 1 aliphatic carbocycles. The normalized spacial score (nSPS) is 15.8. The molecule has 6 heteroatoms. The first-order chi connectivity index (χ1) is 9.70. The quantitative estimate of drug-likeness (QED) is 0.847. The van der Waals surface area contributed by atoms with E-state index in [2.05, 4.69) is 15.1 Å². The van der Waals surface area contributed by atoms with E-state index in [1.807, 2.05) is 12.3 Å². The Bertz CT molecular complexity index is 599. The van der Waals surface area contributed by atoms with Gasteiger partial charge in [-0.25, -0.2) is 4.98 Å². The zero-order valence-corrected chi connectivity index (χ0v) is 12.3. The fraction of sp³-hybridized carbons (Fsp3) is 0.571. The molecule has 0 amide bonds. The van der Waals surface area contributed by atoms with Crippen LogP contribution in [0.15, 0.2) is 9.90 Å². The Morgan fingerprint density at radius 1 is 1.40 bits per heavy atom. The molecule has 1 aliphatic rings. The Morgan fingerprint density at radius 2 is 2.20 bits per heavy atom. The molecular formula is C14H17N3O2S. The number of ketones is 1. The predicted molar refractivity (Wildman–Crippen MR) is 74.6 cm³/mol. The van der Waals surface area contributed by atoms with Crippen molar-refractivity contribution in [3.8, 4) is 0 Å². The molecule has 0 aromatic carbocycles. The highest BCUT2D eigenvalue weighted by atomic mass is 32.1. The third-order valence-corrected chi connectivity index (χ3v) is 4.47. The van der Waals surface area contributed by atoms with Crippen LogP contribution in [0.1, 0.15) is 48.1 Å². The average molecular weight is 291 g/mol. The van der Waals surface area contributed by atoms with Gasteiger partial charge in [-0.05, 0) is 19.8 Å². The maximum atomic E-state index is 12.0. The van der Waals surface area contributed by atoms with Crippen molar-refractivity contribution in [3.63, 3.8) is 0 Å². The van der Waals surface area contributed by atoms with Crippen LogP contribution >= 0.6 is 11.3 Å². The van der Waals surface area contributed by atoms with Crippen LogP contribution < -0.4 is 0 Å². The zero-order chi connectivity index (χ0) is 13.9. The molecule has 20 heavy (non-hydrogen) atoms. The summed E-state index contributed by atoms with van der Waals surface area (Å²) >= 11 is 1.61. The summed E-state index contributed by atoms with van der Waals surface area (Å²) in [5.41, 5.74) is 0.946. The van der Waals surface area contributed by atoms with Gasteiger partial charge in [0.2, 0.25) is 5.89 Å². The average Bonchev–Trinajstić information content (AvgIpc) is 3.12. The molecule has 1 fully saturated rings. The molecule has 0 saturated heterocycles. The van der Waals surface area contributed by atoms with Crippen molar-refractivity contribution in [2.24, 2.45) is 5.92 Å². The molecule has 1 saturated carbocycles. The summed E-state index contributed by atoms with van der Waals surface area (Å²) in [7, 11) is 0. The number of nitrogens with zero attached hydrogens (tertiary/aromatic N) is 3. The molecule has 5 nitrogen and oxygen atoms in total. The van der Waals surface area contributed by atoms with E-state index in [9.17, 15) is 4.79 Å². The first-order valence-electron chi connectivity index (χ1n) is 6.96. The topological polar surface area (TPSA) is 68.9 Å². The minimum absolute atomic E-state index is 0.201. The summed E-state index contributed by atoms with van der Waals surface area (Å²) in [6.45, 7) is 1.97. The van der Waals surface area contributed by atoms with E-state index in [1.165, 1.54) is 0 Å². The lowest BCUT2D eigenvalue weighted by atomic mass is 10.0. The van der Waals surface area contributed by atoms with Crippen molar-refractivity contribution in [1.29, 1.82) is 0 Å². The Labute approximate surface area is 121 Å². The lowest BCUT2D eigenvalue weighted by Crippen LogP contribution is -2.13. The zero-order valence-electron chi connectivity index (χ0n) is 11.5. The summed E-state index contributed by atoms with van der Waals surface area (Å²) < 4.78 is 5.17. The summed E-state index contributed by atoms with van der Waals surface area (Å²) in [5, 5.41) is 6.95. The van der Waals surface area contributed by atoms with E-state index in [-0.39, 0.29) is 18.1 Å². The molecule has 0 bridgehead atoms. The van der Waals surface area contributed by atoms with Crippen LogP contribution in [0.4, 0.5) is 0 Å². The van der Waals surface area contributed by atoms with Crippen LogP contribution in [-0.2, 0) is 17.6 Å². The van der Waals surface area contributed by atoms with Crippen LogP contribution in [0.2, 0.25) is 0 Å². The second-order valence-corrected chi connectivity index (χ2v) is 6.33. The summed E-state index contributed by atoms with van der Waals surface area (Å²) in [6, 6.07) is 0. The van der Waals surface area contributed by atoms with Gasteiger partial charge in [-0.1, -0.05) is 18.0 Å². The first-order valence-corrected chi connectivity index (χ1v) is 7.84. The summed E-state index contributed by atoms with van der Waals surface area (Å²) in [4.78, 5) is 20.7. The van der Waals surface area contributed by atoms with Gasteiger partial charge < -0.3 is 4.52 Å². The predicted octanol–water partition coefficient (Wildman–Crippen LogP) is 2.73. The fourth-order valence-electron chi connectivity index (χ4n) is 2.63. The van der Waals surface area contributed by atoms with E-state index in [0.29, 0.717) is 18.1 Å². The smallest absolute Gasteiger partial charge is 0.234 e. The fourth-order valence-corrected chi connectivity index (χ4v) is 3.24. The number of hydrogen-bond donors (Lipinski definition) is 0. The summed E-state index contributed by atoms with van der Waals surface area (Å²) in [6.07, 6.45) is 5.18. The van der Waals surface area contributed by atoms with Gasteiger partial charge in [-0.2, -0.15) is 4.98 Å². The molecule has 2 aromatic heterocycles. The maximum absolute atomic E-state index is 12.0. The summed E-state index contributed by atoms with van der Waals surface area (Å²) in [5.74, 6) is 1.47. The van der Waals surface area contributed by atoms with E-state index in [1.54, 1.807) is 11.3 Å². The molecule has 0 aliphatic heterocycles. The Kier molecular flexibility index (Phi) is 3.91. The molecule has 0 atom stereocenters. The first kappa shape index (κ1) is 13.4. The van der Waals surface area contributed by atoms with Gasteiger partial charge >= 0.3 is 0 Å². The van der Waals surface area contributed by atoms with E-state index < -0.39 is 0 Å². The molecule has 0 N–H and O–H groups in total. The number of rotatable bonds is 5. The van der Waals surface area contributed by atoms with Gasteiger partial charge in [0.15, 0.2) is 5.82 Å². The SMILES string of the molecule is Cc1nc(Cc2noc(CC(=O)C3CCCC3)n2)cs1. The maximum Gasteiger partial charge on any atom is 0.234 e. The highest BCUT2D eigenvalue weighted by molar-refractivity contribution is 7.09. The largest absolute Gasteiger partial charge is 0.339 e. The van der Waals surface area contributed by atoms with Crippen LogP contribution in [0.3, 0.4) is 0 Å². The minimum atomic E-state index is 0.201. The number of thiazole rings is 1. The molecule has 2 heterocycles. The van der Waals surface area contributed by atoms with Crippen LogP contribution in [0.5, 0.6) is 0 Å². The second kappa shape index (κ2) is 5.83. The number of aryl methyl sites for hydroxylation is 1. The molecule has 0 spiro atoms. The molecule has 2 aromatic rings. The van der Waals surface area contributed by atoms with Crippen molar-refractivity contribution in [3.05, 3.63) is 27.8 Å². The lowest BCUT2D eigenvalue weighted by molar-refractivity contribution is -0.122.